The van der Waals surface area contributed by atoms with Crippen molar-refractivity contribution < 1.29 is 14.6 Å². The van der Waals surface area contributed by atoms with Crippen molar-refractivity contribution in [1.82, 2.24) is 0 Å². The van der Waals surface area contributed by atoms with Crippen LogP contribution in [0.25, 0.3) is 16.8 Å². The summed E-state index contributed by atoms with van der Waals surface area (Å²) in [6, 6.07) is 18.0. The van der Waals surface area contributed by atoms with Crippen LogP contribution in [0.3, 0.4) is 0 Å². The highest BCUT2D eigenvalue weighted by molar-refractivity contribution is 9.10. The average molecular weight is 369 g/mol. The van der Waals surface area contributed by atoms with E-state index in [9.17, 15) is 9.90 Å². The molecule has 0 aliphatic heterocycles. The molecule has 0 aliphatic carbocycles. The summed E-state index contributed by atoms with van der Waals surface area (Å²) in [6.07, 6.45) is 3.00. The summed E-state index contributed by atoms with van der Waals surface area (Å²) in [7, 11) is 0. The van der Waals surface area contributed by atoms with Crippen LogP contribution in [0.15, 0.2) is 71.2 Å². The normalized spacial score (nSPS) is 11.0. The fourth-order valence-electron chi connectivity index (χ4n) is 2.16. The highest BCUT2D eigenvalue weighted by Crippen LogP contribution is 2.24. The summed E-state index contributed by atoms with van der Waals surface area (Å²) < 4.78 is 6.32. The van der Waals surface area contributed by atoms with Crippen LogP contribution >= 0.6 is 15.9 Å². The van der Waals surface area contributed by atoms with E-state index in [0.29, 0.717) is 5.75 Å². The lowest BCUT2D eigenvalue weighted by Crippen LogP contribution is -2.03. The van der Waals surface area contributed by atoms with Crippen LogP contribution in [-0.4, -0.2) is 11.1 Å². The molecule has 0 saturated heterocycles. The second-order valence-corrected chi connectivity index (χ2v) is 5.91. The predicted octanol–water partition coefficient (Wildman–Crippen LogP) is 4.93. The number of halogens is 1. The van der Waals surface area contributed by atoms with Gasteiger partial charge in [-0.2, -0.15) is 0 Å². The van der Waals surface area contributed by atoms with E-state index in [1.807, 2.05) is 30.3 Å². The largest absolute Gasteiger partial charge is 0.508 e. The van der Waals surface area contributed by atoms with Crippen LogP contribution in [0.2, 0.25) is 0 Å². The standard InChI is InChI=1S/C19H13BrO3/c20-16-6-4-15-12-18(9-5-14(15)11-16)23-19(22)10-3-13-1-7-17(21)8-2-13/h1-12,21H/b10-3+. The van der Waals surface area contributed by atoms with Crippen molar-refractivity contribution in [3.05, 3.63) is 76.8 Å². The Morgan fingerprint density at radius 3 is 2.43 bits per heavy atom. The number of ether oxygens (including phenoxy) is 1. The van der Waals surface area contributed by atoms with Gasteiger partial charge in [-0.1, -0.05) is 40.2 Å². The number of benzene rings is 3. The molecule has 0 heterocycles. The molecule has 0 bridgehead atoms. The van der Waals surface area contributed by atoms with Crippen molar-refractivity contribution in [2.45, 2.75) is 0 Å². The maximum absolute atomic E-state index is 11.9. The number of aromatic hydroxyl groups is 1. The molecule has 0 aliphatic rings. The van der Waals surface area contributed by atoms with Gasteiger partial charge >= 0.3 is 5.97 Å². The first-order chi connectivity index (χ1) is 11.1. The predicted molar refractivity (Wildman–Crippen MR) is 94.4 cm³/mol. The number of phenols is 1. The van der Waals surface area contributed by atoms with Gasteiger partial charge in [-0.25, -0.2) is 4.79 Å². The molecule has 114 valence electrons. The van der Waals surface area contributed by atoms with Crippen molar-refractivity contribution in [2.24, 2.45) is 0 Å². The average Bonchev–Trinajstić information content (AvgIpc) is 2.54. The maximum Gasteiger partial charge on any atom is 0.336 e. The number of phenolic OH excluding ortho intramolecular Hbond substituents is 1. The van der Waals surface area contributed by atoms with E-state index >= 15 is 0 Å². The van der Waals surface area contributed by atoms with E-state index in [2.05, 4.69) is 15.9 Å². The first-order valence-corrected chi connectivity index (χ1v) is 7.78. The molecular weight excluding hydrogens is 356 g/mol. The Morgan fingerprint density at radius 1 is 0.957 bits per heavy atom. The Morgan fingerprint density at radius 2 is 1.65 bits per heavy atom. The Hall–Kier alpha value is -2.59. The number of carbonyl (C=O) groups excluding carboxylic acids is 1. The fraction of sp³-hybridized carbons (Fsp3) is 0. The van der Waals surface area contributed by atoms with Gasteiger partial charge in [-0.05, 0) is 58.8 Å². The highest BCUT2D eigenvalue weighted by atomic mass is 79.9. The van der Waals surface area contributed by atoms with E-state index in [1.165, 1.54) is 6.08 Å². The van der Waals surface area contributed by atoms with E-state index < -0.39 is 5.97 Å². The Bertz CT molecular complexity index is 883. The topological polar surface area (TPSA) is 46.5 Å². The van der Waals surface area contributed by atoms with Crippen LogP contribution in [0.4, 0.5) is 0 Å². The van der Waals surface area contributed by atoms with Gasteiger partial charge in [0.15, 0.2) is 0 Å². The molecule has 3 aromatic carbocycles. The number of esters is 1. The summed E-state index contributed by atoms with van der Waals surface area (Å²) in [5.74, 6) is 0.238. The van der Waals surface area contributed by atoms with Gasteiger partial charge in [0.2, 0.25) is 0 Å². The third-order valence-electron chi connectivity index (χ3n) is 3.30. The van der Waals surface area contributed by atoms with Crippen LogP contribution < -0.4 is 4.74 Å². The minimum absolute atomic E-state index is 0.188. The van der Waals surface area contributed by atoms with Gasteiger partial charge in [-0.15, -0.1) is 0 Å². The number of hydrogen-bond donors (Lipinski definition) is 1. The van der Waals surface area contributed by atoms with Crippen LogP contribution in [-0.2, 0) is 4.79 Å². The van der Waals surface area contributed by atoms with E-state index in [1.54, 1.807) is 36.4 Å². The van der Waals surface area contributed by atoms with Gasteiger partial charge in [0, 0.05) is 10.5 Å². The smallest absolute Gasteiger partial charge is 0.336 e. The van der Waals surface area contributed by atoms with Crippen molar-refractivity contribution in [3.8, 4) is 11.5 Å². The van der Waals surface area contributed by atoms with Crippen molar-refractivity contribution >= 4 is 38.7 Å². The molecule has 0 spiro atoms. The van der Waals surface area contributed by atoms with Gasteiger partial charge in [0.1, 0.15) is 11.5 Å². The number of carbonyl (C=O) groups is 1. The van der Waals surface area contributed by atoms with Crippen LogP contribution in [0.5, 0.6) is 11.5 Å². The third-order valence-corrected chi connectivity index (χ3v) is 3.79. The Balaban J connectivity index is 1.72. The number of rotatable bonds is 3. The van der Waals surface area contributed by atoms with E-state index in [-0.39, 0.29) is 5.75 Å². The van der Waals surface area contributed by atoms with E-state index in [4.69, 9.17) is 4.74 Å². The summed E-state index contributed by atoms with van der Waals surface area (Å²) >= 11 is 3.43. The minimum atomic E-state index is -0.450. The molecule has 3 nitrogen and oxygen atoms in total. The molecule has 0 radical (unpaired) electrons. The second kappa shape index (κ2) is 6.67. The molecule has 0 amide bonds. The molecular formula is C19H13BrO3. The van der Waals surface area contributed by atoms with Gasteiger partial charge in [-0.3, -0.25) is 0 Å². The Kier molecular flexibility index (Phi) is 4.44. The molecule has 0 atom stereocenters. The summed E-state index contributed by atoms with van der Waals surface area (Å²) in [4.78, 5) is 11.9. The third kappa shape index (κ3) is 3.99. The molecule has 0 saturated carbocycles. The van der Waals surface area contributed by atoms with Crippen LogP contribution in [0, 0.1) is 0 Å². The fourth-order valence-corrected chi connectivity index (χ4v) is 2.54. The molecule has 3 rings (SSSR count). The number of hydrogen-bond acceptors (Lipinski definition) is 3. The lowest BCUT2D eigenvalue weighted by atomic mass is 10.1. The van der Waals surface area contributed by atoms with Crippen molar-refractivity contribution in [2.75, 3.05) is 0 Å². The highest BCUT2D eigenvalue weighted by Gasteiger charge is 2.03. The summed E-state index contributed by atoms with van der Waals surface area (Å²) in [6.45, 7) is 0. The zero-order valence-electron chi connectivity index (χ0n) is 12.1. The molecule has 4 heteroatoms. The summed E-state index contributed by atoms with van der Waals surface area (Å²) in [5, 5.41) is 11.3. The molecule has 0 fully saturated rings. The van der Waals surface area contributed by atoms with Crippen molar-refractivity contribution in [1.29, 1.82) is 0 Å². The first kappa shape index (κ1) is 15.3. The van der Waals surface area contributed by atoms with Crippen molar-refractivity contribution in [3.63, 3.8) is 0 Å². The molecule has 0 aromatic heterocycles. The van der Waals surface area contributed by atoms with Gasteiger partial charge < -0.3 is 9.84 Å². The first-order valence-electron chi connectivity index (χ1n) is 6.98. The lowest BCUT2D eigenvalue weighted by molar-refractivity contribution is -0.128. The van der Waals surface area contributed by atoms with Crippen LogP contribution in [0.1, 0.15) is 5.56 Å². The van der Waals surface area contributed by atoms with Gasteiger partial charge in [0.25, 0.3) is 0 Å². The zero-order chi connectivity index (χ0) is 16.2. The monoisotopic (exact) mass is 368 g/mol. The minimum Gasteiger partial charge on any atom is -0.508 e. The quantitative estimate of drug-likeness (QED) is 0.405. The Labute approximate surface area is 142 Å². The molecule has 3 aromatic rings. The lowest BCUT2D eigenvalue weighted by Gasteiger charge is -2.04. The SMILES string of the molecule is O=C(/C=C/c1ccc(O)cc1)Oc1ccc2cc(Br)ccc2c1. The van der Waals surface area contributed by atoms with Gasteiger partial charge in [0.05, 0.1) is 0 Å². The molecule has 23 heavy (non-hydrogen) atoms. The zero-order valence-corrected chi connectivity index (χ0v) is 13.7. The maximum atomic E-state index is 11.9. The molecule has 0 unspecified atom stereocenters. The molecule has 1 N–H and O–H groups in total. The summed E-state index contributed by atoms with van der Waals surface area (Å²) in [5.41, 5.74) is 0.808. The number of fused-ring (bicyclic) bond motifs is 1. The second-order valence-electron chi connectivity index (χ2n) is 5.00. The van der Waals surface area contributed by atoms with E-state index in [0.717, 1.165) is 20.8 Å².